The van der Waals surface area contributed by atoms with Gasteiger partial charge in [0, 0.05) is 4.47 Å². The molecule has 1 N–H and O–H groups in total. The molecule has 0 aromatic heterocycles. The highest BCUT2D eigenvalue weighted by atomic mass is 79.9. The molecule has 0 aliphatic rings. The molecule has 14 heavy (non-hydrogen) atoms. The van der Waals surface area contributed by atoms with Gasteiger partial charge in [0.1, 0.15) is 5.25 Å². The predicted molar refractivity (Wildman–Crippen MR) is 57.6 cm³/mol. The van der Waals surface area contributed by atoms with Crippen molar-refractivity contribution in [2.75, 3.05) is 0 Å². The van der Waals surface area contributed by atoms with Gasteiger partial charge in [-0.25, -0.2) is 0 Å². The second-order valence-electron chi connectivity index (χ2n) is 2.71. The summed E-state index contributed by atoms with van der Waals surface area (Å²) < 4.78 is 12.4. The smallest absolute Gasteiger partial charge is 0.319 e. The predicted octanol–water partition coefficient (Wildman–Crippen LogP) is 2.03. The van der Waals surface area contributed by atoms with E-state index >= 15 is 0 Å². The monoisotopic (exact) mass is 276 g/mol. The maximum absolute atomic E-state index is 11.7. The molecule has 0 amide bonds. The molecule has 3 nitrogen and oxygen atoms in total. The third-order valence-corrected chi connectivity index (χ3v) is 4.31. The fourth-order valence-electron chi connectivity index (χ4n) is 0.890. The third kappa shape index (κ3) is 2.42. The van der Waals surface area contributed by atoms with Crippen molar-refractivity contribution in [3.8, 4) is 0 Å². The molecule has 2 unspecified atom stereocenters. The van der Waals surface area contributed by atoms with Crippen molar-refractivity contribution in [3.63, 3.8) is 0 Å². The summed E-state index contributed by atoms with van der Waals surface area (Å²) in [6.45, 7) is 1.43. The van der Waals surface area contributed by atoms with Crippen LogP contribution < -0.4 is 0 Å². The van der Waals surface area contributed by atoms with Crippen LogP contribution >= 0.6 is 15.9 Å². The van der Waals surface area contributed by atoms with Crippen molar-refractivity contribution in [1.82, 2.24) is 0 Å². The molecule has 0 aliphatic carbocycles. The number of carbonyl (C=O) groups is 1. The lowest BCUT2D eigenvalue weighted by Crippen LogP contribution is -2.22. The van der Waals surface area contributed by atoms with E-state index in [9.17, 15) is 9.00 Å². The minimum Gasteiger partial charge on any atom is -0.480 e. The number of benzene rings is 1. The Kier molecular flexibility index (Phi) is 3.83. The summed E-state index contributed by atoms with van der Waals surface area (Å²) in [4.78, 5) is 11.1. The summed E-state index contributed by atoms with van der Waals surface area (Å²) in [6, 6.07) is 6.91. The average molecular weight is 277 g/mol. The summed E-state index contributed by atoms with van der Waals surface area (Å²) in [7, 11) is -1.52. The number of carboxylic acid groups (broad SMARTS) is 1. The van der Waals surface area contributed by atoms with E-state index in [4.69, 9.17) is 5.11 Å². The van der Waals surface area contributed by atoms with Gasteiger partial charge in [-0.05, 0) is 35.0 Å². The number of hydrogen-bond acceptors (Lipinski definition) is 2. The van der Waals surface area contributed by atoms with Crippen LogP contribution in [-0.4, -0.2) is 20.5 Å². The Bertz CT molecular complexity index is 378. The fraction of sp³-hybridized carbons (Fsp3) is 0.222. The zero-order chi connectivity index (χ0) is 10.7. The second-order valence-corrected chi connectivity index (χ2v) is 5.30. The van der Waals surface area contributed by atoms with E-state index in [0.717, 1.165) is 0 Å². The van der Waals surface area contributed by atoms with Gasteiger partial charge >= 0.3 is 5.97 Å². The van der Waals surface area contributed by atoms with Gasteiger partial charge in [0.05, 0.1) is 15.7 Å². The van der Waals surface area contributed by atoms with Crippen molar-refractivity contribution in [3.05, 3.63) is 28.7 Å². The molecule has 76 valence electrons. The fourth-order valence-corrected chi connectivity index (χ4v) is 2.69. The summed E-state index contributed by atoms with van der Waals surface area (Å²) in [5, 5.41) is 7.80. The van der Waals surface area contributed by atoms with Crippen LogP contribution in [0, 0.1) is 0 Å². The standard InChI is InChI=1S/C9H9BrO3S/c1-6(9(11)12)14(13)8-5-3-2-4-7(8)10/h2-6H,1H3,(H,11,12). The molecule has 0 saturated heterocycles. The molecule has 5 heteroatoms. The molecule has 1 aromatic rings. The molecule has 0 aliphatic heterocycles. The van der Waals surface area contributed by atoms with Gasteiger partial charge in [0.15, 0.2) is 0 Å². The van der Waals surface area contributed by atoms with Gasteiger partial charge in [-0.1, -0.05) is 12.1 Å². The quantitative estimate of drug-likeness (QED) is 0.919. The number of carboxylic acids is 1. The van der Waals surface area contributed by atoms with Crippen LogP contribution in [0.4, 0.5) is 0 Å². The zero-order valence-corrected chi connectivity index (χ0v) is 9.84. The SMILES string of the molecule is CC(C(=O)O)S(=O)c1ccccc1Br. The van der Waals surface area contributed by atoms with E-state index < -0.39 is 22.0 Å². The van der Waals surface area contributed by atoms with Gasteiger partial charge in [-0.3, -0.25) is 9.00 Å². The van der Waals surface area contributed by atoms with E-state index in [1.807, 2.05) is 0 Å². The lowest BCUT2D eigenvalue weighted by molar-refractivity contribution is -0.136. The first-order valence-corrected chi connectivity index (χ1v) is 5.92. The minimum atomic E-state index is -1.52. The molecule has 0 radical (unpaired) electrons. The highest BCUT2D eigenvalue weighted by molar-refractivity contribution is 9.10. The molecular weight excluding hydrogens is 268 g/mol. The van der Waals surface area contributed by atoms with Gasteiger partial charge in [-0.15, -0.1) is 0 Å². The van der Waals surface area contributed by atoms with Gasteiger partial charge in [0.25, 0.3) is 0 Å². The lowest BCUT2D eigenvalue weighted by Gasteiger charge is -2.07. The molecule has 1 aromatic carbocycles. The molecule has 0 saturated carbocycles. The number of aliphatic carboxylic acids is 1. The first-order valence-electron chi connectivity index (χ1n) is 3.92. The largest absolute Gasteiger partial charge is 0.480 e. The Morgan fingerprint density at radius 2 is 2.07 bits per heavy atom. The molecule has 0 heterocycles. The Balaban J connectivity index is 3.01. The van der Waals surface area contributed by atoms with Crippen LogP contribution in [0.3, 0.4) is 0 Å². The van der Waals surface area contributed by atoms with Crippen molar-refractivity contribution in [2.24, 2.45) is 0 Å². The summed E-state index contributed by atoms with van der Waals surface area (Å²) in [5.41, 5.74) is 0. The van der Waals surface area contributed by atoms with Crippen LogP contribution in [0.1, 0.15) is 6.92 Å². The van der Waals surface area contributed by atoms with E-state index in [-0.39, 0.29) is 0 Å². The highest BCUT2D eigenvalue weighted by Crippen LogP contribution is 2.21. The van der Waals surface area contributed by atoms with E-state index in [2.05, 4.69) is 15.9 Å². The minimum absolute atomic E-state index is 0.516. The summed E-state index contributed by atoms with van der Waals surface area (Å²) in [5.74, 6) is -1.06. The van der Waals surface area contributed by atoms with Crippen LogP contribution in [-0.2, 0) is 15.6 Å². The molecule has 1 rings (SSSR count). The highest BCUT2D eigenvalue weighted by Gasteiger charge is 2.21. The maximum Gasteiger partial charge on any atom is 0.319 e. The molecule has 0 spiro atoms. The summed E-state index contributed by atoms with van der Waals surface area (Å²) >= 11 is 3.23. The zero-order valence-electron chi connectivity index (χ0n) is 7.44. The summed E-state index contributed by atoms with van der Waals surface area (Å²) in [6.07, 6.45) is 0. The molecular formula is C9H9BrO3S. The molecule has 0 bridgehead atoms. The first kappa shape index (κ1) is 11.4. The molecule has 2 atom stereocenters. The number of rotatable bonds is 3. The average Bonchev–Trinajstić information content (AvgIpc) is 2.16. The Labute approximate surface area is 92.7 Å². The van der Waals surface area contributed by atoms with Crippen LogP contribution in [0.25, 0.3) is 0 Å². The maximum atomic E-state index is 11.7. The van der Waals surface area contributed by atoms with Crippen LogP contribution in [0.2, 0.25) is 0 Å². The second kappa shape index (κ2) is 4.70. The van der Waals surface area contributed by atoms with Crippen LogP contribution in [0.5, 0.6) is 0 Å². The first-order chi connectivity index (χ1) is 6.54. The number of halogens is 1. The van der Waals surface area contributed by atoms with E-state index in [1.54, 1.807) is 24.3 Å². The van der Waals surface area contributed by atoms with E-state index in [1.165, 1.54) is 6.92 Å². The van der Waals surface area contributed by atoms with Crippen molar-refractivity contribution >= 4 is 32.7 Å². The van der Waals surface area contributed by atoms with Gasteiger partial charge < -0.3 is 5.11 Å². The Morgan fingerprint density at radius 3 is 2.57 bits per heavy atom. The Morgan fingerprint density at radius 1 is 1.50 bits per heavy atom. The third-order valence-electron chi connectivity index (χ3n) is 1.72. The van der Waals surface area contributed by atoms with Crippen LogP contribution in [0.15, 0.2) is 33.6 Å². The van der Waals surface area contributed by atoms with Crippen molar-refractivity contribution < 1.29 is 14.1 Å². The topological polar surface area (TPSA) is 54.4 Å². The number of hydrogen-bond donors (Lipinski definition) is 1. The molecule has 0 fully saturated rings. The van der Waals surface area contributed by atoms with Gasteiger partial charge in [-0.2, -0.15) is 0 Å². The lowest BCUT2D eigenvalue weighted by atomic mass is 10.4. The Hall–Kier alpha value is -0.680. The normalized spacial score (nSPS) is 14.7. The van der Waals surface area contributed by atoms with Crippen molar-refractivity contribution in [1.29, 1.82) is 0 Å². The van der Waals surface area contributed by atoms with Gasteiger partial charge in [0.2, 0.25) is 0 Å². The van der Waals surface area contributed by atoms with E-state index in [0.29, 0.717) is 9.37 Å². The van der Waals surface area contributed by atoms with Crippen molar-refractivity contribution in [2.45, 2.75) is 17.1 Å².